The van der Waals surface area contributed by atoms with Crippen LogP contribution >= 0.6 is 0 Å². The van der Waals surface area contributed by atoms with Crippen LogP contribution in [0.5, 0.6) is 0 Å². The van der Waals surface area contributed by atoms with Crippen molar-refractivity contribution in [3.8, 4) is 0 Å². The average Bonchev–Trinajstić information content (AvgIpc) is 3.32. The highest BCUT2D eigenvalue weighted by Crippen LogP contribution is 2.31. The topological polar surface area (TPSA) is 56.6 Å². The number of ether oxygens (including phenoxy) is 1. The van der Waals surface area contributed by atoms with Crippen LogP contribution in [0.15, 0.2) is 96.6 Å². The Labute approximate surface area is 233 Å². The summed E-state index contributed by atoms with van der Waals surface area (Å²) in [6, 6.07) is 14.8. The zero-order valence-corrected chi connectivity index (χ0v) is 24.2. The van der Waals surface area contributed by atoms with Crippen LogP contribution < -0.4 is 4.90 Å². The first kappa shape index (κ1) is 31.3. The Morgan fingerprint density at radius 3 is 2.33 bits per heavy atom. The minimum atomic E-state index is -0.390. The molecule has 3 rings (SSSR count). The molecule has 208 valence electrons. The molecule has 0 aliphatic carbocycles. The largest absolute Gasteiger partial charge is 0.493 e. The summed E-state index contributed by atoms with van der Waals surface area (Å²) in [5.41, 5.74) is 3.01. The summed E-state index contributed by atoms with van der Waals surface area (Å²) in [4.78, 5) is 17.4. The second-order valence-corrected chi connectivity index (χ2v) is 9.97. The number of methoxy groups -OCH3 is 1. The summed E-state index contributed by atoms with van der Waals surface area (Å²) in [6.07, 6.45) is 4.92. The SMILES string of the molecule is C=C(C(=O)/C(=C\Cc1ccc(N2CCN(C(C)(C)C)C2=C)cc1F)OC)/C(=C/C=N)Cc1ccccc1.CC. The van der Waals surface area contributed by atoms with E-state index in [0.29, 0.717) is 17.6 Å². The highest BCUT2D eigenvalue weighted by Gasteiger charge is 2.32. The van der Waals surface area contributed by atoms with Gasteiger partial charge in [0.05, 0.1) is 7.11 Å². The van der Waals surface area contributed by atoms with Crippen molar-refractivity contribution in [2.45, 2.75) is 53.0 Å². The molecule has 2 aromatic carbocycles. The number of hydrogen-bond donors (Lipinski definition) is 1. The third-order valence-electron chi connectivity index (χ3n) is 6.46. The molecule has 1 fully saturated rings. The zero-order valence-electron chi connectivity index (χ0n) is 24.2. The van der Waals surface area contributed by atoms with E-state index in [2.05, 4.69) is 38.8 Å². The lowest BCUT2D eigenvalue weighted by molar-refractivity contribution is -0.114. The quantitative estimate of drug-likeness (QED) is 0.152. The van der Waals surface area contributed by atoms with Crippen LogP contribution in [0.25, 0.3) is 0 Å². The number of allylic oxidation sites excluding steroid dienone is 4. The molecule has 0 radical (unpaired) electrons. The molecule has 39 heavy (non-hydrogen) atoms. The predicted octanol–water partition coefficient (Wildman–Crippen LogP) is 7.26. The maximum Gasteiger partial charge on any atom is 0.226 e. The molecule has 0 atom stereocenters. The van der Waals surface area contributed by atoms with E-state index in [-0.39, 0.29) is 34.9 Å². The molecule has 1 aliphatic heterocycles. The number of Topliss-reactive ketones (excluding diaryl/α,β-unsaturated/α-hetero) is 1. The smallest absolute Gasteiger partial charge is 0.226 e. The molecule has 5 nitrogen and oxygen atoms in total. The number of hydrogen-bond acceptors (Lipinski definition) is 5. The molecule has 6 heteroatoms. The molecule has 0 amide bonds. The van der Waals surface area contributed by atoms with E-state index < -0.39 is 0 Å². The highest BCUT2D eigenvalue weighted by molar-refractivity contribution is 6.10. The van der Waals surface area contributed by atoms with Gasteiger partial charge in [-0.2, -0.15) is 0 Å². The van der Waals surface area contributed by atoms with Crippen LogP contribution in [-0.4, -0.2) is 42.6 Å². The van der Waals surface area contributed by atoms with Gasteiger partial charge < -0.3 is 19.9 Å². The van der Waals surface area contributed by atoms with Crippen LogP contribution in [0, 0.1) is 11.2 Å². The van der Waals surface area contributed by atoms with E-state index in [4.69, 9.17) is 10.1 Å². The van der Waals surface area contributed by atoms with Gasteiger partial charge in [0.15, 0.2) is 5.76 Å². The maximum absolute atomic E-state index is 15.1. The first-order valence-corrected chi connectivity index (χ1v) is 13.3. The van der Waals surface area contributed by atoms with E-state index in [1.165, 1.54) is 13.2 Å². The Bertz CT molecular complexity index is 1240. The van der Waals surface area contributed by atoms with E-state index in [1.807, 2.05) is 55.1 Å². The number of anilines is 1. The summed E-state index contributed by atoms with van der Waals surface area (Å²) >= 11 is 0. The molecular weight excluding hydrogens is 489 g/mol. The predicted molar refractivity (Wildman–Crippen MR) is 161 cm³/mol. The van der Waals surface area contributed by atoms with Crippen LogP contribution in [0.3, 0.4) is 0 Å². The highest BCUT2D eigenvalue weighted by atomic mass is 19.1. The number of carbonyl (C=O) groups excluding carboxylic acids is 1. The monoisotopic (exact) mass is 531 g/mol. The molecule has 1 saturated heterocycles. The Morgan fingerprint density at radius 2 is 1.79 bits per heavy atom. The van der Waals surface area contributed by atoms with Crippen LogP contribution in [0.4, 0.5) is 10.1 Å². The fourth-order valence-corrected chi connectivity index (χ4v) is 4.42. The molecule has 0 saturated carbocycles. The van der Waals surface area contributed by atoms with Crippen molar-refractivity contribution >= 4 is 17.7 Å². The molecule has 1 N–H and O–H groups in total. The van der Waals surface area contributed by atoms with E-state index in [0.717, 1.165) is 36.4 Å². The number of rotatable bonds is 10. The molecule has 2 aromatic rings. The van der Waals surface area contributed by atoms with E-state index in [1.54, 1.807) is 18.2 Å². The van der Waals surface area contributed by atoms with Gasteiger partial charge in [0.2, 0.25) is 5.78 Å². The molecule has 0 aromatic heterocycles. The second-order valence-electron chi connectivity index (χ2n) is 9.97. The number of carbonyl (C=O) groups is 1. The standard InChI is InChI=1S/C31H36FN3O2.C2H6/c1-22(26(16-17-33)20-24-10-8-7-9-11-24)30(36)29(37-6)15-13-25-12-14-27(21-28(25)32)34-18-19-35(23(34)2)31(3,4)5;1-2/h7-12,14-17,21,33H,1-2,13,18-20H2,3-6H3;1-2H3/b26-16+,29-15+,33-17?;. The number of nitrogens with one attached hydrogen (secondary N) is 1. The summed E-state index contributed by atoms with van der Waals surface area (Å²) in [5.74, 6) is 0.200. The first-order chi connectivity index (χ1) is 18.6. The minimum Gasteiger partial charge on any atom is -0.493 e. The third kappa shape index (κ3) is 8.03. The van der Waals surface area contributed by atoms with Gasteiger partial charge in [0.25, 0.3) is 0 Å². The Kier molecular flexibility index (Phi) is 11.5. The summed E-state index contributed by atoms with van der Waals surface area (Å²) in [5, 5.41) is 7.48. The minimum absolute atomic E-state index is 0.0585. The number of halogens is 1. The molecule has 1 aliphatic rings. The van der Waals surface area contributed by atoms with Crippen LogP contribution in [0.2, 0.25) is 0 Å². The van der Waals surface area contributed by atoms with Crippen molar-refractivity contribution < 1.29 is 13.9 Å². The van der Waals surface area contributed by atoms with Crippen molar-refractivity contribution in [3.63, 3.8) is 0 Å². The van der Waals surface area contributed by atoms with E-state index >= 15 is 4.39 Å². The summed E-state index contributed by atoms with van der Waals surface area (Å²) in [7, 11) is 1.41. The Balaban J connectivity index is 0.00000260. The van der Waals surface area contributed by atoms with Crippen molar-refractivity contribution in [1.29, 1.82) is 5.41 Å². The van der Waals surface area contributed by atoms with Crippen molar-refractivity contribution in [3.05, 3.63) is 114 Å². The molecular formula is C33H42FN3O2. The van der Waals surface area contributed by atoms with Crippen molar-refractivity contribution in [2.24, 2.45) is 0 Å². The lowest BCUT2D eigenvalue weighted by Crippen LogP contribution is -2.38. The maximum atomic E-state index is 15.1. The van der Waals surface area contributed by atoms with Crippen LogP contribution in [0.1, 0.15) is 45.7 Å². The summed E-state index contributed by atoms with van der Waals surface area (Å²) in [6.45, 7) is 20.1. The lowest BCUT2D eigenvalue weighted by Gasteiger charge is -2.35. The summed E-state index contributed by atoms with van der Waals surface area (Å²) < 4.78 is 20.4. The third-order valence-corrected chi connectivity index (χ3v) is 6.46. The normalized spacial score (nSPS) is 14.1. The van der Waals surface area contributed by atoms with Gasteiger partial charge in [-0.25, -0.2) is 4.39 Å². The van der Waals surface area contributed by atoms with Crippen LogP contribution in [-0.2, 0) is 22.4 Å². The average molecular weight is 532 g/mol. The zero-order chi connectivity index (χ0) is 29.2. The van der Waals surface area contributed by atoms with Crippen molar-refractivity contribution in [1.82, 2.24) is 4.90 Å². The Morgan fingerprint density at radius 1 is 1.13 bits per heavy atom. The van der Waals surface area contributed by atoms with Gasteiger partial charge in [-0.3, -0.25) is 4.79 Å². The van der Waals surface area contributed by atoms with Gasteiger partial charge in [0, 0.05) is 36.1 Å². The van der Waals surface area contributed by atoms with E-state index in [9.17, 15) is 4.79 Å². The number of benzene rings is 2. The lowest BCUT2D eigenvalue weighted by atomic mass is 9.95. The Hall–Kier alpha value is -3.93. The van der Waals surface area contributed by atoms with Crippen molar-refractivity contribution in [2.75, 3.05) is 25.1 Å². The fraction of sp³-hybridized carbons (Fsp3) is 0.333. The van der Waals surface area contributed by atoms with Gasteiger partial charge in [0.1, 0.15) is 11.6 Å². The molecule has 0 bridgehead atoms. The van der Waals surface area contributed by atoms with Gasteiger partial charge in [-0.1, -0.05) is 63.4 Å². The number of nitrogens with zero attached hydrogens (tertiary/aromatic N) is 2. The number of ketones is 1. The second kappa shape index (κ2) is 14.3. The molecule has 0 unspecified atom stereocenters. The van der Waals surface area contributed by atoms with Gasteiger partial charge >= 0.3 is 0 Å². The fourth-order valence-electron chi connectivity index (χ4n) is 4.42. The first-order valence-electron chi connectivity index (χ1n) is 13.3. The molecule has 1 heterocycles. The van der Waals surface area contributed by atoms with Gasteiger partial charge in [-0.15, -0.1) is 0 Å². The van der Waals surface area contributed by atoms with Gasteiger partial charge in [-0.05, 0) is 74.6 Å². The molecule has 0 spiro atoms.